The molecule has 35 heavy (non-hydrogen) atoms. The van der Waals surface area contributed by atoms with Crippen LogP contribution in [0.25, 0.3) is 33.2 Å². The van der Waals surface area contributed by atoms with Crippen molar-refractivity contribution in [3.8, 4) is 16.9 Å². The number of ether oxygens (including phenoxy) is 1. The number of aromatic nitrogens is 4. The third-order valence-electron chi connectivity index (χ3n) is 7.72. The molecule has 182 valence electrons. The Balaban J connectivity index is 1.41. The van der Waals surface area contributed by atoms with E-state index in [2.05, 4.69) is 45.4 Å². The molecule has 1 amide bonds. The zero-order valence-electron chi connectivity index (χ0n) is 20.1. The summed E-state index contributed by atoms with van der Waals surface area (Å²) in [5.74, 6) is 1.54. The number of nitrogens with zero attached hydrogens (tertiary/aromatic N) is 2. The normalized spacial score (nSPS) is 21.2. The maximum absolute atomic E-state index is 12.4. The highest BCUT2D eigenvalue weighted by molar-refractivity contribution is 6.10. The number of benzene rings is 2. The second-order valence-electron chi connectivity index (χ2n) is 10.4. The lowest BCUT2D eigenvalue weighted by Crippen LogP contribution is -2.42. The summed E-state index contributed by atoms with van der Waals surface area (Å²) in [5, 5.41) is 3.51. The molecule has 8 heteroatoms. The first-order valence-corrected chi connectivity index (χ1v) is 12.7. The Bertz CT molecular complexity index is 1390. The zero-order valence-corrected chi connectivity index (χ0v) is 20.1. The van der Waals surface area contributed by atoms with E-state index in [-0.39, 0.29) is 5.54 Å². The molecule has 3 heterocycles. The third-order valence-corrected chi connectivity index (χ3v) is 7.72. The third kappa shape index (κ3) is 4.05. The quantitative estimate of drug-likeness (QED) is 0.322. The molecule has 0 spiro atoms. The summed E-state index contributed by atoms with van der Waals surface area (Å²) >= 11 is 0. The van der Waals surface area contributed by atoms with E-state index in [0.29, 0.717) is 34.9 Å². The van der Waals surface area contributed by atoms with Gasteiger partial charge in [-0.3, -0.25) is 4.79 Å². The van der Waals surface area contributed by atoms with Crippen LogP contribution in [0.2, 0.25) is 0 Å². The van der Waals surface area contributed by atoms with Gasteiger partial charge in [0.05, 0.1) is 28.4 Å². The Labute approximate surface area is 204 Å². The molecule has 0 radical (unpaired) electrons. The second kappa shape index (κ2) is 8.68. The zero-order chi connectivity index (χ0) is 24.0. The van der Waals surface area contributed by atoms with Gasteiger partial charge >= 0.3 is 0 Å². The van der Waals surface area contributed by atoms with Gasteiger partial charge in [-0.25, -0.2) is 9.97 Å². The van der Waals surface area contributed by atoms with E-state index in [9.17, 15) is 4.79 Å². The molecule has 2 fully saturated rings. The predicted octanol–water partition coefficient (Wildman–Crippen LogP) is 4.77. The van der Waals surface area contributed by atoms with Crippen LogP contribution in [0.15, 0.2) is 30.6 Å². The molecule has 6 rings (SSSR count). The smallest absolute Gasteiger partial charge is 0.254 e. The lowest BCUT2D eigenvalue weighted by Gasteiger charge is -2.25. The number of nitrogens with one attached hydrogen (secondary N) is 3. The second-order valence-corrected chi connectivity index (χ2v) is 10.4. The van der Waals surface area contributed by atoms with Crippen molar-refractivity contribution in [3.63, 3.8) is 0 Å². The molecule has 4 aromatic rings. The monoisotopic (exact) mass is 472 g/mol. The van der Waals surface area contributed by atoms with Crippen molar-refractivity contribution < 1.29 is 9.53 Å². The van der Waals surface area contributed by atoms with Crippen LogP contribution < -0.4 is 15.8 Å². The molecular formula is C27H32N6O2. The van der Waals surface area contributed by atoms with Crippen LogP contribution in [0.1, 0.15) is 74.0 Å². The minimum absolute atomic E-state index is 0.124. The fraction of sp³-hybridized carbons (Fsp3) is 0.444. The molecular weight excluding hydrogens is 440 g/mol. The molecule has 2 aromatic carbocycles. The summed E-state index contributed by atoms with van der Waals surface area (Å²) in [7, 11) is 0. The highest BCUT2D eigenvalue weighted by Gasteiger charge is 2.30. The van der Waals surface area contributed by atoms with Crippen molar-refractivity contribution in [1.82, 2.24) is 25.3 Å². The number of hydrogen-bond donors (Lipinski definition) is 4. The average molecular weight is 473 g/mol. The maximum atomic E-state index is 12.4. The van der Waals surface area contributed by atoms with Crippen LogP contribution in [0.5, 0.6) is 5.75 Å². The lowest BCUT2D eigenvalue weighted by atomic mass is 9.89. The molecule has 1 aliphatic heterocycles. The van der Waals surface area contributed by atoms with Crippen molar-refractivity contribution in [3.05, 3.63) is 42.0 Å². The number of fused-ring (bicyclic) bond motifs is 2. The number of carbonyl (C=O) groups excluding carboxylic acids is 1. The van der Waals surface area contributed by atoms with Crippen LogP contribution in [0, 0.1) is 0 Å². The topological polar surface area (TPSA) is 122 Å². The Morgan fingerprint density at radius 3 is 2.83 bits per heavy atom. The van der Waals surface area contributed by atoms with Crippen LogP contribution in [0.4, 0.5) is 0 Å². The number of imidazole rings is 2. The first-order chi connectivity index (χ1) is 17.0. The highest BCUT2D eigenvalue weighted by Crippen LogP contribution is 2.38. The van der Waals surface area contributed by atoms with Crippen molar-refractivity contribution in [2.24, 2.45) is 5.73 Å². The maximum Gasteiger partial charge on any atom is 0.254 e. The van der Waals surface area contributed by atoms with Gasteiger partial charge in [-0.05, 0) is 62.9 Å². The summed E-state index contributed by atoms with van der Waals surface area (Å²) in [6, 6.07) is 8.14. The van der Waals surface area contributed by atoms with E-state index in [1.54, 1.807) is 6.33 Å². The molecule has 2 aliphatic rings. The summed E-state index contributed by atoms with van der Waals surface area (Å²) in [6.45, 7) is 3.57. The average Bonchev–Trinajstić information content (AvgIpc) is 3.61. The van der Waals surface area contributed by atoms with Gasteiger partial charge in [0.15, 0.2) is 0 Å². The van der Waals surface area contributed by atoms with Crippen molar-refractivity contribution >= 4 is 28.0 Å². The number of H-pyrrole nitrogens is 2. The van der Waals surface area contributed by atoms with Crippen LogP contribution in [-0.2, 0) is 0 Å². The minimum atomic E-state index is -0.537. The largest absolute Gasteiger partial charge is 0.491 e. The fourth-order valence-corrected chi connectivity index (χ4v) is 5.74. The van der Waals surface area contributed by atoms with Crippen molar-refractivity contribution in [2.75, 3.05) is 13.2 Å². The number of carbonyl (C=O) groups is 1. The number of aromatic amines is 2. The summed E-state index contributed by atoms with van der Waals surface area (Å²) < 4.78 is 6.26. The molecule has 2 aromatic heterocycles. The standard InChI is InChI=1S/C27H32N6O2/c1-27(10-5-11-31-27)14-35-21-13-18(23-24(30-15-29-23)22(21)25(28)34)17-8-9-19-20(12-17)33-26(32-19)16-6-3-2-4-7-16/h8-9,12-13,15-16,31H,2-7,10-11,14H2,1H3,(H2,28,34)(H,29,30)(H,32,33)/t27-/m0/s1. The number of primary amides is 1. The van der Waals surface area contributed by atoms with Crippen LogP contribution in [-0.4, -0.2) is 44.5 Å². The highest BCUT2D eigenvalue weighted by atomic mass is 16.5. The van der Waals surface area contributed by atoms with Gasteiger partial charge in [0.1, 0.15) is 23.7 Å². The fourth-order valence-electron chi connectivity index (χ4n) is 5.74. The molecule has 8 nitrogen and oxygen atoms in total. The Morgan fingerprint density at radius 2 is 2.06 bits per heavy atom. The Morgan fingerprint density at radius 1 is 1.20 bits per heavy atom. The molecule has 5 N–H and O–H groups in total. The van der Waals surface area contributed by atoms with Crippen LogP contribution >= 0.6 is 0 Å². The van der Waals surface area contributed by atoms with Crippen LogP contribution in [0.3, 0.4) is 0 Å². The van der Waals surface area contributed by atoms with E-state index in [4.69, 9.17) is 15.5 Å². The van der Waals surface area contributed by atoms with Gasteiger partial charge in [0.25, 0.3) is 5.91 Å². The van der Waals surface area contributed by atoms with Gasteiger partial charge in [0, 0.05) is 17.0 Å². The summed E-state index contributed by atoms with van der Waals surface area (Å²) in [6.07, 6.45) is 9.99. The van der Waals surface area contributed by atoms with E-state index in [0.717, 1.165) is 47.4 Å². The van der Waals surface area contributed by atoms with E-state index in [1.807, 2.05) is 6.07 Å². The minimum Gasteiger partial charge on any atom is -0.491 e. The predicted molar refractivity (Wildman–Crippen MR) is 137 cm³/mol. The van der Waals surface area contributed by atoms with Crippen molar-refractivity contribution in [2.45, 2.75) is 63.3 Å². The van der Waals surface area contributed by atoms with Gasteiger partial charge in [-0.1, -0.05) is 25.3 Å². The molecule has 1 saturated heterocycles. The van der Waals surface area contributed by atoms with Crippen molar-refractivity contribution in [1.29, 1.82) is 0 Å². The van der Waals surface area contributed by atoms with Gasteiger partial charge in [-0.15, -0.1) is 0 Å². The molecule has 1 saturated carbocycles. The number of rotatable bonds is 6. The lowest BCUT2D eigenvalue weighted by molar-refractivity contribution is 0.0996. The first kappa shape index (κ1) is 22.1. The Kier molecular flexibility index (Phi) is 5.48. The number of amides is 1. The van der Waals surface area contributed by atoms with Gasteiger partial charge in [0.2, 0.25) is 0 Å². The summed E-state index contributed by atoms with van der Waals surface area (Å²) in [4.78, 5) is 28.6. The molecule has 0 unspecified atom stereocenters. The van der Waals surface area contributed by atoms with E-state index >= 15 is 0 Å². The van der Waals surface area contributed by atoms with E-state index < -0.39 is 5.91 Å². The number of nitrogens with two attached hydrogens (primary N) is 1. The van der Waals surface area contributed by atoms with Gasteiger partial charge < -0.3 is 25.8 Å². The van der Waals surface area contributed by atoms with Gasteiger partial charge in [-0.2, -0.15) is 0 Å². The Hall–Kier alpha value is -3.39. The summed E-state index contributed by atoms with van der Waals surface area (Å²) in [5.41, 5.74) is 11.1. The molecule has 1 aliphatic carbocycles. The first-order valence-electron chi connectivity index (χ1n) is 12.7. The van der Waals surface area contributed by atoms with E-state index in [1.165, 1.54) is 32.1 Å². The molecule has 1 atom stereocenters. The molecule has 0 bridgehead atoms. The SMILES string of the molecule is C[C@@]1(COc2cc(-c3ccc4[nH]c(C5CCCCC5)nc4c3)c3nc[nH]c3c2C(N)=O)CCCN1. The number of hydrogen-bond acceptors (Lipinski definition) is 5.